The van der Waals surface area contributed by atoms with Crippen molar-refractivity contribution in [3.05, 3.63) is 57.2 Å². The van der Waals surface area contributed by atoms with Crippen LogP contribution in [0.15, 0.2) is 51.1 Å². The Labute approximate surface area is 237 Å². The molecule has 0 saturated carbocycles. The van der Waals surface area contributed by atoms with Crippen LogP contribution in [-0.4, -0.2) is 50.5 Å². The van der Waals surface area contributed by atoms with Gasteiger partial charge in [-0.2, -0.15) is 0 Å². The molecule has 2 aromatic carbocycles. The third-order valence-electron chi connectivity index (χ3n) is 7.39. The van der Waals surface area contributed by atoms with Gasteiger partial charge in [-0.25, -0.2) is 0 Å². The number of esters is 1. The van der Waals surface area contributed by atoms with Crippen LogP contribution in [0.5, 0.6) is 23.0 Å². The molecule has 4 rings (SSSR count). The van der Waals surface area contributed by atoms with E-state index in [-0.39, 0.29) is 29.6 Å². The van der Waals surface area contributed by atoms with Gasteiger partial charge in [0.2, 0.25) is 0 Å². The number of carbonyl (C=O) groups is 2. The summed E-state index contributed by atoms with van der Waals surface area (Å²) in [6.07, 6.45) is 2.42. The second-order valence-corrected chi connectivity index (χ2v) is 10.6. The van der Waals surface area contributed by atoms with Gasteiger partial charge in [0.15, 0.2) is 28.8 Å². The van der Waals surface area contributed by atoms with E-state index in [1.54, 1.807) is 33.3 Å². The number of benzene rings is 2. The number of phenolic OH excluding ortho intramolecular Hbond substituents is 1. The van der Waals surface area contributed by atoms with Crippen LogP contribution in [0.1, 0.15) is 62.5 Å². The van der Waals surface area contributed by atoms with Gasteiger partial charge in [-0.3, -0.25) is 14.6 Å². The molecule has 2 aliphatic rings. The van der Waals surface area contributed by atoms with Crippen LogP contribution in [0.25, 0.3) is 0 Å². The van der Waals surface area contributed by atoms with E-state index in [1.807, 2.05) is 25.1 Å². The Balaban J connectivity index is 1.80. The quantitative estimate of drug-likeness (QED) is 0.274. The Morgan fingerprint density at radius 2 is 1.72 bits per heavy atom. The second kappa shape index (κ2) is 12.2. The van der Waals surface area contributed by atoms with Crippen LogP contribution in [0.4, 0.5) is 0 Å². The molecule has 2 aromatic rings. The highest BCUT2D eigenvalue weighted by Gasteiger charge is 2.45. The highest BCUT2D eigenvalue weighted by Crippen LogP contribution is 2.49. The van der Waals surface area contributed by atoms with Gasteiger partial charge in [-0.05, 0) is 77.0 Å². The zero-order valence-electron chi connectivity index (χ0n) is 22.9. The minimum atomic E-state index is -0.775. The number of phenols is 1. The number of hydrogen-bond donors (Lipinski definition) is 1. The predicted octanol–water partition coefficient (Wildman–Crippen LogP) is 6.10. The molecule has 39 heavy (non-hydrogen) atoms. The van der Waals surface area contributed by atoms with Crippen LogP contribution >= 0.6 is 15.9 Å². The van der Waals surface area contributed by atoms with Gasteiger partial charge >= 0.3 is 5.97 Å². The van der Waals surface area contributed by atoms with Crippen molar-refractivity contribution < 1.29 is 33.6 Å². The fourth-order valence-corrected chi connectivity index (χ4v) is 5.86. The lowest BCUT2D eigenvalue weighted by molar-refractivity contribution is -0.146. The van der Waals surface area contributed by atoms with Gasteiger partial charge in [0.25, 0.3) is 0 Å². The van der Waals surface area contributed by atoms with Crippen LogP contribution in [0.2, 0.25) is 0 Å². The van der Waals surface area contributed by atoms with Crippen LogP contribution in [0.3, 0.4) is 0 Å². The van der Waals surface area contributed by atoms with E-state index in [9.17, 15) is 14.7 Å². The number of ether oxygens (including phenoxy) is 4. The maximum absolute atomic E-state index is 13.9. The topological polar surface area (TPSA) is 104 Å². The Morgan fingerprint density at radius 1 is 1.03 bits per heavy atom. The van der Waals surface area contributed by atoms with Gasteiger partial charge in [-0.1, -0.05) is 19.4 Å². The molecular weight excluding hydrogens is 566 g/mol. The monoisotopic (exact) mass is 599 g/mol. The van der Waals surface area contributed by atoms with Crippen molar-refractivity contribution in [2.75, 3.05) is 27.9 Å². The van der Waals surface area contributed by atoms with Crippen molar-refractivity contribution in [2.45, 2.75) is 51.4 Å². The van der Waals surface area contributed by atoms with Crippen LogP contribution in [0, 0.1) is 5.92 Å². The smallest absolute Gasteiger partial charge is 0.315 e. The van der Waals surface area contributed by atoms with E-state index in [0.29, 0.717) is 51.5 Å². The van der Waals surface area contributed by atoms with E-state index in [4.69, 9.17) is 23.9 Å². The summed E-state index contributed by atoms with van der Waals surface area (Å²) in [5, 5.41) is 10.4. The van der Waals surface area contributed by atoms with E-state index >= 15 is 0 Å². The average molecular weight is 601 g/mol. The lowest BCUT2D eigenvalue weighted by atomic mass is 9.69. The fourth-order valence-electron chi connectivity index (χ4n) is 5.40. The summed E-state index contributed by atoms with van der Waals surface area (Å²) in [7, 11) is 4.62. The highest BCUT2D eigenvalue weighted by molar-refractivity contribution is 9.10. The Morgan fingerprint density at radius 3 is 2.38 bits per heavy atom. The first-order valence-electron chi connectivity index (χ1n) is 13.0. The Hall–Kier alpha value is -3.33. The minimum Gasteiger partial charge on any atom is -0.503 e. The van der Waals surface area contributed by atoms with Gasteiger partial charge in [0, 0.05) is 29.3 Å². The fraction of sp³-hybridized carbons (Fsp3) is 0.433. The molecule has 1 unspecified atom stereocenters. The number of methoxy groups -OCH3 is 3. The molecule has 9 heteroatoms. The van der Waals surface area contributed by atoms with Crippen molar-refractivity contribution in [3.8, 4) is 23.0 Å². The Bertz CT molecular complexity index is 1330. The number of Topliss-reactive ketones (excluding diaryl/α,β-unsaturated/α-hetero) is 1. The number of halogens is 1. The molecule has 208 valence electrons. The molecule has 0 radical (unpaired) electrons. The number of carbonyl (C=O) groups excluding carboxylic acids is 2. The summed E-state index contributed by atoms with van der Waals surface area (Å²) >= 11 is 3.40. The lowest BCUT2D eigenvalue weighted by Crippen LogP contribution is -2.38. The van der Waals surface area contributed by atoms with Crippen LogP contribution in [-0.2, 0) is 14.3 Å². The largest absolute Gasteiger partial charge is 0.503 e. The number of rotatable bonds is 9. The van der Waals surface area contributed by atoms with E-state index in [0.717, 1.165) is 18.4 Å². The summed E-state index contributed by atoms with van der Waals surface area (Å²) in [5.41, 5.74) is 3.37. The summed E-state index contributed by atoms with van der Waals surface area (Å²) in [6, 6.07) is 9.08. The molecule has 3 atom stereocenters. The van der Waals surface area contributed by atoms with Crippen molar-refractivity contribution in [1.29, 1.82) is 0 Å². The third-order valence-corrected chi connectivity index (χ3v) is 8.00. The van der Waals surface area contributed by atoms with Crippen molar-refractivity contribution in [2.24, 2.45) is 10.9 Å². The third kappa shape index (κ3) is 5.69. The molecule has 1 aliphatic carbocycles. The summed E-state index contributed by atoms with van der Waals surface area (Å²) in [5.74, 6) is -0.605. The number of ketones is 1. The minimum absolute atomic E-state index is 0.0535. The molecule has 0 bridgehead atoms. The first-order valence-corrected chi connectivity index (χ1v) is 13.8. The van der Waals surface area contributed by atoms with Crippen molar-refractivity contribution in [3.63, 3.8) is 0 Å². The molecule has 1 N–H and O–H groups in total. The highest BCUT2D eigenvalue weighted by atomic mass is 79.9. The number of allylic oxidation sites excluding steroid dienone is 2. The maximum Gasteiger partial charge on any atom is 0.315 e. The molecule has 1 heterocycles. The molecule has 8 nitrogen and oxygen atoms in total. The molecular formula is C30H34BrNO7. The predicted molar refractivity (Wildman–Crippen MR) is 151 cm³/mol. The van der Waals surface area contributed by atoms with Gasteiger partial charge in [0.05, 0.1) is 32.4 Å². The molecule has 1 aliphatic heterocycles. The SMILES string of the molecule is CCCCOC(=O)C1C(C)=NC2=C(C(=O)C[C@@H](c3ccc(OC)c(OC)c3)C2)[C@H]1c1cc(Br)c(O)c(OC)c1. The maximum atomic E-state index is 13.9. The number of nitrogens with zero attached hydrogens (tertiary/aromatic N) is 1. The van der Waals surface area contributed by atoms with Crippen LogP contribution < -0.4 is 14.2 Å². The first-order chi connectivity index (χ1) is 18.7. The molecule has 0 aromatic heterocycles. The van der Waals surface area contributed by atoms with Gasteiger partial charge in [0.1, 0.15) is 5.92 Å². The van der Waals surface area contributed by atoms with Gasteiger partial charge in [-0.15, -0.1) is 0 Å². The number of aromatic hydroxyl groups is 1. The van der Waals surface area contributed by atoms with Crippen molar-refractivity contribution in [1.82, 2.24) is 0 Å². The molecule has 0 fully saturated rings. The van der Waals surface area contributed by atoms with E-state index < -0.39 is 17.8 Å². The Kier molecular flexibility index (Phi) is 9.00. The molecule has 0 amide bonds. The number of hydrogen-bond acceptors (Lipinski definition) is 8. The zero-order chi connectivity index (χ0) is 28.3. The number of aliphatic imine (C=N–C) groups is 1. The zero-order valence-corrected chi connectivity index (χ0v) is 24.5. The first kappa shape index (κ1) is 28.7. The average Bonchev–Trinajstić information content (AvgIpc) is 2.93. The van der Waals surface area contributed by atoms with Gasteiger partial charge < -0.3 is 24.1 Å². The normalized spacial score (nSPS) is 20.7. The second-order valence-electron chi connectivity index (χ2n) is 9.79. The summed E-state index contributed by atoms with van der Waals surface area (Å²) in [4.78, 5) is 32.1. The van der Waals surface area contributed by atoms with E-state index in [2.05, 4.69) is 15.9 Å². The van der Waals surface area contributed by atoms with E-state index in [1.165, 1.54) is 7.11 Å². The lowest BCUT2D eigenvalue weighted by Gasteiger charge is -2.36. The summed E-state index contributed by atoms with van der Waals surface area (Å²) in [6.45, 7) is 4.13. The standard InChI is InChI=1S/C30H34BrNO7/c1-6-7-10-39-30(35)26-16(2)32-21-12-18(17-8-9-23(36-3)24(14-17)37-4)13-22(33)28(21)27(26)19-11-20(31)29(34)25(15-19)38-5/h8-9,11,14-15,18,26-27,34H,6-7,10,12-13H2,1-5H3/t18-,26?,27-/m0/s1. The number of unbranched alkanes of at least 4 members (excludes halogenated alkanes) is 1. The summed E-state index contributed by atoms with van der Waals surface area (Å²) < 4.78 is 22.3. The molecule has 0 saturated heterocycles. The van der Waals surface area contributed by atoms with Crippen molar-refractivity contribution >= 4 is 33.4 Å². The molecule has 0 spiro atoms.